The SMILES string of the molecule is CCS[C@@H]1C(=O)N(C)[C@@H]1c1ccc(OC)cc1. The maximum Gasteiger partial charge on any atom is 0.238 e. The quantitative estimate of drug-likeness (QED) is 0.769. The number of hydrogen-bond acceptors (Lipinski definition) is 3. The molecule has 1 amide bonds. The maximum atomic E-state index is 11.7. The summed E-state index contributed by atoms with van der Waals surface area (Å²) >= 11 is 1.72. The third-order valence-electron chi connectivity index (χ3n) is 3.10. The van der Waals surface area contributed by atoms with Gasteiger partial charge in [-0.2, -0.15) is 0 Å². The molecular formula is C13H17NO2S. The Morgan fingerprint density at radius 1 is 1.35 bits per heavy atom. The minimum Gasteiger partial charge on any atom is -0.497 e. The van der Waals surface area contributed by atoms with Crippen molar-refractivity contribution in [3.8, 4) is 5.75 Å². The van der Waals surface area contributed by atoms with Gasteiger partial charge in [0.1, 0.15) is 11.0 Å². The zero-order valence-electron chi connectivity index (χ0n) is 10.3. The zero-order valence-corrected chi connectivity index (χ0v) is 11.2. The smallest absolute Gasteiger partial charge is 0.238 e. The highest BCUT2D eigenvalue weighted by Gasteiger charge is 2.45. The van der Waals surface area contributed by atoms with Crippen molar-refractivity contribution in [3.05, 3.63) is 29.8 Å². The summed E-state index contributed by atoms with van der Waals surface area (Å²) in [6.07, 6.45) is 0. The maximum absolute atomic E-state index is 11.7. The second-order valence-electron chi connectivity index (χ2n) is 4.04. The molecule has 0 saturated carbocycles. The summed E-state index contributed by atoms with van der Waals surface area (Å²) in [7, 11) is 3.52. The Hall–Kier alpha value is -1.16. The van der Waals surface area contributed by atoms with Gasteiger partial charge in [0.15, 0.2) is 0 Å². The van der Waals surface area contributed by atoms with Gasteiger partial charge in [0.2, 0.25) is 5.91 Å². The number of benzene rings is 1. The van der Waals surface area contributed by atoms with E-state index in [0.29, 0.717) is 0 Å². The van der Waals surface area contributed by atoms with Crippen molar-refractivity contribution in [3.63, 3.8) is 0 Å². The number of likely N-dealkylation sites (tertiary alicyclic amines) is 1. The normalized spacial score (nSPS) is 23.5. The lowest BCUT2D eigenvalue weighted by Gasteiger charge is -2.44. The number of methoxy groups -OCH3 is 1. The van der Waals surface area contributed by atoms with E-state index in [9.17, 15) is 4.79 Å². The Morgan fingerprint density at radius 3 is 2.53 bits per heavy atom. The molecule has 92 valence electrons. The van der Waals surface area contributed by atoms with Gasteiger partial charge in [-0.1, -0.05) is 19.1 Å². The topological polar surface area (TPSA) is 29.5 Å². The molecule has 0 aliphatic carbocycles. The summed E-state index contributed by atoms with van der Waals surface area (Å²) in [6, 6.07) is 8.17. The van der Waals surface area contributed by atoms with Crippen LogP contribution in [-0.4, -0.2) is 36.0 Å². The van der Waals surface area contributed by atoms with Crippen LogP contribution in [0.2, 0.25) is 0 Å². The molecule has 4 heteroatoms. The van der Waals surface area contributed by atoms with Crippen molar-refractivity contribution in [2.75, 3.05) is 19.9 Å². The molecule has 1 heterocycles. The third-order valence-corrected chi connectivity index (χ3v) is 4.25. The van der Waals surface area contributed by atoms with Crippen LogP contribution in [0.1, 0.15) is 18.5 Å². The van der Waals surface area contributed by atoms with E-state index in [4.69, 9.17) is 4.74 Å². The number of ether oxygens (including phenoxy) is 1. The molecular weight excluding hydrogens is 234 g/mol. The number of nitrogens with zero attached hydrogens (tertiary/aromatic N) is 1. The fourth-order valence-electron chi connectivity index (χ4n) is 2.14. The summed E-state index contributed by atoms with van der Waals surface area (Å²) < 4.78 is 5.14. The van der Waals surface area contributed by atoms with E-state index in [1.165, 1.54) is 5.56 Å². The lowest BCUT2D eigenvalue weighted by molar-refractivity contribution is -0.142. The monoisotopic (exact) mass is 251 g/mol. The van der Waals surface area contributed by atoms with Gasteiger partial charge >= 0.3 is 0 Å². The van der Waals surface area contributed by atoms with E-state index in [-0.39, 0.29) is 17.2 Å². The summed E-state index contributed by atoms with van der Waals surface area (Å²) in [4.78, 5) is 13.6. The van der Waals surface area contributed by atoms with Gasteiger partial charge < -0.3 is 9.64 Å². The van der Waals surface area contributed by atoms with Crippen LogP contribution in [0.15, 0.2) is 24.3 Å². The molecule has 2 atom stereocenters. The Kier molecular flexibility index (Phi) is 3.62. The molecule has 1 saturated heterocycles. The van der Waals surface area contributed by atoms with Crippen LogP contribution in [0.25, 0.3) is 0 Å². The van der Waals surface area contributed by atoms with Crippen molar-refractivity contribution in [1.82, 2.24) is 4.90 Å². The second-order valence-corrected chi connectivity index (χ2v) is 5.46. The Balaban J connectivity index is 2.17. The molecule has 1 aromatic carbocycles. The van der Waals surface area contributed by atoms with Gasteiger partial charge in [-0.05, 0) is 23.4 Å². The van der Waals surface area contributed by atoms with Crippen molar-refractivity contribution in [2.24, 2.45) is 0 Å². The van der Waals surface area contributed by atoms with E-state index >= 15 is 0 Å². The predicted octanol–water partition coefficient (Wildman–Crippen LogP) is 2.33. The fourth-order valence-corrected chi connectivity index (χ4v) is 3.33. The molecule has 1 aliphatic rings. The van der Waals surface area contributed by atoms with E-state index < -0.39 is 0 Å². The minimum absolute atomic E-state index is 0.0818. The molecule has 0 spiro atoms. The number of β-lactam (4-membered cyclic amide) rings is 1. The van der Waals surface area contributed by atoms with Crippen LogP contribution in [0.5, 0.6) is 5.75 Å². The average Bonchev–Trinajstić information content (AvgIpc) is 2.38. The van der Waals surface area contributed by atoms with Crippen LogP contribution in [-0.2, 0) is 4.79 Å². The molecule has 1 aromatic rings. The molecule has 0 radical (unpaired) electrons. The van der Waals surface area contributed by atoms with Crippen LogP contribution in [0.4, 0.5) is 0 Å². The van der Waals surface area contributed by atoms with E-state index in [2.05, 4.69) is 6.92 Å². The van der Waals surface area contributed by atoms with Crippen LogP contribution in [0.3, 0.4) is 0 Å². The van der Waals surface area contributed by atoms with Gasteiger partial charge in [-0.15, -0.1) is 11.8 Å². The van der Waals surface area contributed by atoms with Gasteiger partial charge in [0.25, 0.3) is 0 Å². The summed E-state index contributed by atoms with van der Waals surface area (Å²) in [5, 5.41) is 0.0818. The second kappa shape index (κ2) is 5.00. The van der Waals surface area contributed by atoms with E-state index in [1.54, 1.807) is 18.9 Å². The Morgan fingerprint density at radius 2 is 2.00 bits per heavy atom. The molecule has 2 rings (SSSR count). The third kappa shape index (κ3) is 2.14. The molecule has 17 heavy (non-hydrogen) atoms. The number of rotatable bonds is 4. The van der Waals surface area contributed by atoms with Gasteiger partial charge in [-0.3, -0.25) is 4.79 Å². The average molecular weight is 251 g/mol. The van der Waals surface area contributed by atoms with E-state index in [0.717, 1.165) is 11.5 Å². The highest BCUT2D eigenvalue weighted by molar-refractivity contribution is 8.00. The fraction of sp³-hybridized carbons (Fsp3) is 0.462. The molecule has 1 fully saturated rings. The largest absolute Gasteiger partial charge is 0.497 e. The standard InChI is InChI=1S/C13H17NO2S/c1-4-17-12-11(14(2)13(12)15)9-5-7-10(16-3)8-6-9/h5-8,11-12H,4H2,1-3H3/t11-,12+/m1/s1. The molecule has 0 bridgehead atoms. The summed E-state index contributed by atoms with van der Waals surface area (Å²) in [5.74, 6) is 2.05. The molecule has 0 N–H and O–H groups in total. The summed E-state index contributed by atoms with van der Waals surface area (Å²) in [5.41, 5.74) is 1.18. The van der Waals surface area contributed by atoms with Crippen molar-refractivity contribution in [1.29, 1.82) is 0 Å². The van der Waals surface area contributed by atoms with Crippen LogP contribution < -0.4 is 4.74 Å². The number of hydrogen-bond donors (Lipinski definition) is 0. The van der Waals surface area contributed by atoms with Gasteiger partial charge in [0.05, 0.1) is 13.2 Å². The highest BCUT2D eigenvalue weighted by atomic mass is 32.2. The molecule has 0 unspecified atom stereocenters. The number of thioether (sulfide) groups is 1. The lowest BCUT2D eigenvalue weighted by atomic mass is 9.94. The van der Waals surface area contributed by atoms with E-state index in [1.807, 2.05) is 36.2 Å². The Labute approximate surface area is 106 Å². The first-order chi connectivity index (χ1) is 8.19. The number of carbonyl (C=O) groups excluding carboxylic acids is 1. The van der Waals surface area contributed by atoms with Crippen LogP contribution in [0, 0.1) is 0 Å². The molecule has 0 aromatic heterocycles. The number of amides is 1. The van der Waals surface area contributed by atoms with Crippen molar-refractivity contribution >= 4 is 17.7 Å². The lowest BCUT2D eigenvalue weighted by Crippen LogP contribution is -2.55. The first-order valence-corrected chi connectivity index (χ1v) is 6.76. The van der Waals surface area contributed by atoms with Crippen molar-refractivity contribution in [2.45, 2.75) is 18.2 Å². The van der Waals surface area contributed by atoms with Gasteiger partial charge in [0, 0.05) is 7.05 Å². The van der Waals surface area contributed by atoms with Gasteiger partial charge in [-0.25, -0.2) is 0 Å². The van der Waals surface area contributed by atoms with Crippen molar-refractivity contribution < 1.29 is 9.53 Å². The first kappa shape index (κ1) is 12.3. The first-order valence-electron chi connectivity index (χ1n) is 5.71. The highest BCUT2D eigenvalue weighted by Crippen LogP contribution is 2.41. The molecule has 3 nitrogen and oxygen atoms in total. The van der Waals surface area contributed by atoms with Crippen LogP contribution >= 0.6 is 11.8 Å². The minimum atomic E-state index is 0.0818. The Bertz CT molecular complexity index is 404. The number of carbonyl (C=O) groups is 1. The predicted molar refractivity (Wildman–Crippen MR) is 70.4 cm³/mol. The summed E-state index contributed by atoms with van der Waals surface area (Å²) in [6.45, 7) is 2.08. The zero-order chi connectivity index (χ0) is 12.4. The molecule has 1 aliphatic heterocycles.